The van der Waals surface area contributed by atoms with E-state index in [9.17, 15) is 9.18 Å². The highest BCUT2D eigenvalue weighted by atomic mass is 79.9. The van der Waals surface area contributed by atoms with Crippen molar-refractivity contribution in [1.29, 1.82) is 0 Å². The average Bonchev–Trinajstić information content (AvgIpc) is 2.40. The number of benzene rings is 2. The molecule has 6 heteroatoms. The van der Waals surface area contributed by atoms with Gasteiger partial charge in [0, 0.05) is 15.9 Å². The van der Waals surface area contributed by atoms with Gasteiger partial charge in [-0.05, 0) is 35.9 Å². The van der Waals surface area contributed by atoms with Crippen LogP contribution in [0.2, 0.25) is 5.02 Å². The molecule has 104 valence electrons. The van der Waals surface area contributed by atoms with Gasteiger partial charge < -0.3 is 5.32 Å². The monoisotopic (exact) mass is 373 g/mol. The van der Waals surface area contributed by atoms with Gasteiger partial charge >= 0.3 is 0 Å². The number of hydrogen-bond donors (Lipinski definition) is 2. The third-order valence-corrected chi connectivity index (χ3v) is 3.79. The molecule has 0 saturated heterocycles. The first-order valence-electron chi connectivity index (χ1n) is 5.68. The number of amides is 1. The van der Waals surface area contributed by atoms with Crippen LogP contribution in [0.1, 0.15) is 15.9 Å². The number of halogens is 3. The number of nitrogens with one attached hydrogen (secondary N) is 1. The summed E-state index contributed by atoms with van der Waals surface area (Å²) in [5.41, 5.74) is 1.20. The van der Waals surface area contributed by atoms with E-state index in [0.717, 1.165) is 10.0 Å². The molecule has 0 heterocycles. The van der Waals surface area contributed by atoms with Crippen LogP contribution in [0.4, 0.5) is 4.39 Å². The summed E-state index contributed by atoms with van der Waals surface area (Å²) in [5, 5.41) is 2.78. The normalized spacial score (nSPS) is 10.4. The summed E-state index contributed by atoms with van der Waals surface area (Å²) in [7, 11) is 0. The zero-order valence-electron chi connectivity index (χ0n) is 10.2. The van der Waals surface area contributed by atoms with Gasteiger partial charge in [-0.1, -0.05) is 33.6 Å². The molecule has 0 atom stereocenters. The number of carbonyl (C=O) groups excluding carboxylic acids is 1. The van der Waals surface area contributed by atoms with E-state index >= 15 is 0 Å². The molecule has 0 aliphatic carbocycles. The highest BCUT2D eigenvalue weighted by Gasteiger charge is 2.10. The van der Waals surface area contributed by atoms with Crippen LogP contribution in [0.5, 0.6) is 0 Å². The second kappa shape index (κ2) is 6.61. The van der Waals surface area contributed by atoms with Crippen molar-refractivity contribution in [2.75, 3.05) is 0 Å². The minimum absolute atomic E-state index is 0.0373. The van der Waals surface area contributed by atoms with E-state index in [1.54, 1.807) is 24.3 Å². The van der Waals surface area contributed by atoms with Gasteiger partial charge in [-0.3, -0.25) is 4.79 Å². The van der Waals surface area contributed by atoms with Gasteiger partial charge in [-0.2, -0.15) is 0 Å². The number of hydrogen-bond acceptors (Lipinski definition) is 2. The maximum Gasteiger partial charge on any atom is 0.252 e. The Morgan fingerprint density at radius 2 is 2.05 bits per heavy atom. The van der Waals surface area contributed by atoms with Crippen LogP contribution >= 0.6 is 40.2 Å². The van der Waals surface area contributed by atoms with Crippen molar-refractivity contribution in [3.05, 3.63) is 62.8 Å². The molecule has 0 spiro atoms. The van der Waals surface area contributed by atoms with Gasteiger partial charge in [0.25, 0.3) is 5.91 Å². The lowest BCUT2D eigenvalue weighted by Gasteiger charge is -2.08. The highest BCUT2D eigenvalue weighted by molar-refractivity contribution is 9.10. The second-order valence-corrected chi connectivity index (χ2v) is 5.90. The fourth-order valence-electron chi connectivity index (χ4n) is 1.62. The minimum Gasteiger partial charge on any atom is -0.348 e. The van der Waals surface area contributed by atoms with Crippen LogP contribution in [0, 0.1) is 5.82 Å². The summed E-state index contributed by atoms with van der Waals surface area (Å²) in [5.74, 6) is -0.727. The first kappa shape index (κ1) is 15.4. The van der Waals surface area contributed by atoms with E-state index in [-0.39, 0.29) is 17.5 Å². The number of carbonyl (C=O) groups is 1. The Kier molecular flexibility index (Phi) is 5.07. The molecular formula is C14H10BrClFNOS. The fourth-order valence-corrected chi connectivity index (χ4v) is 2.68. The maximum absolute atomic E-state index is 13.0. The quantitative estimate of drug-likeness (QED) is 0.763. The van der Waals surface area contributed by atoms with E-state index < -0.39 is 5.82 Å². The third-order valence-electron chi connectivity index (χ3n) is 2.64. The molecule has 2 rings (SSSR count). The summed E-state index contributed by atoms with van der Waals surface area (Å²) >= 11 is 13.2. The lowest BCUT2D eigenvalue weighted by atomic mass is 10.2. The molecule has 20 heavy (non-hydrogen) atoms. The van der Waals surface area contributed by atoms with Crippen LogP contribution in [0.3, 0.4) is 0 Å². The maximum atomic E-state index is 13.0. The van der Waals surface area contributed by atoms with Crippen molar-refractivity contribution in [2.24, 2.45) is 0 Å². The molecular weight excluding hydrogens is 365 g/mol. The molecule has 2 aromatic rings. The number of rotatable bonds is 3. The Morgan fingerprint density at radius 3 is 2.70 bits per heavy atom. The fraction of sp³-hybridized carbons (Fsp3) is 0.0714. The van der Waals surface area contributed by atoms with Crippen LogP contribution < -0.4 is 5.32 Å². The van der Waals surface area contributed by atoms with Gasteiger partial charge in [0.05, 0.1) is 10.6 Å². The smallest absolute Gasteiger partial charge is 0.252 e. The first-order chi connectivity index (χ1) is 9.47. The van der Waals surface area contributed by atoms with Gasteiger partial charge in [0.15, 0.2) is 0 Å². The van der Waals surface area contributed by atoms with Crippen molar-refractivity contribution in [1.82, 2.24) is 5.32 Å². The van der Waals surface area contributed by atoms with Crippen molar-refractivity contribution in [3.63, 3.8) is 0 Å². The molecule has 0 aliphatic heterocycles. The van der Waals surface area contributed by atoms with E-state index in [0.29, 0.717) is 10.5 Å². The van der Waals surface area contributed by atoms with Crippen LogP contribution in [0.15, 0.2) is 45.8 Å². The summed E-state index contributed by atoms with van der Waals surface area (Å²) < 4.78 is 13.9. The number of thiol groups is 1. The Bertz CT molecular complexity index is 666. The van der Waals surface area contributed by atoms with Gasteiger partial charge in [-0.25, -0.2) is 4.39 Å². The molecule has 0 bridgehead atoms. The van der Waals surface area contributed by atoms with Crippen LogP contribution in [-0.4, -0.2) is 5.91 Å². The highest BCUT2D eigenvalue weighted by Crippen LogP contribution is 2.20. The molecule has 0 radical (unpaired) electrons. The van der Waals surface area contributed by atoms with Crippen molar-refractivity contribution in [3.8, 4) is 0 Å². The minimum atomic E-state index is -0.479. The predicted octanol–water partition coefficient (Wildman–Crippen LogP) is 4.46. The predicted molar refractivity (Wildman–Crippen MR) is 84.0 cm³/mol. The lowest BCUT2D eigenvalue weighted by Crippen LogP contribution is -2.23. The zero-order chi connectivity index (χ0) is 14.7. The molecule has 1 N–H and O–H groups in total. The molecule has 0 aliphatic rings. The Morgan fingerprint density at radius 1 is 1.30 bits per heavy atom. The zero-order valence-corrected chi connectivity index (χ0v) is 13.4. The molecule has 2 nitrogen and oxygen atoms in total. The van der Waals surface area contributed by atoms with Crippen molar-refractivity contribution >= 4 is 46.1 Å². The van der Waals surface area contributed by atoms with Crippen molar-refractivity contribution in [2.45, 2.75) is 11.4 Å². The SMILES string of the molecule is O=C(NCc1ccc(F)c(Cl)c1)c1ccc(Br)cc1S. The Hall–Kier alpha value is -1.04. The largest absolute Gasteiger partial charge is 0.348 e. The third kappa shape index (κ3) is 3.75. The lowest BCUT2D eigenvalue weighted by molar-refractivity contribution is 0.0948. The molecule has 0 fully saturated rings. The van der Waals surface area contributed by atoms with Crippen molar-refractivity contribution < 1.29 is 9.18 Å². The molecule has 0 unspecified atom stereocenters. The molecule has 1 amide bonds. The van der Waals surface area contributed by atoms with E-state index in [4.69, 9.17) is 11.6 Å². The molecule has 2 aromatic carbocycles. The van der Waals surface area contributed by atoms with E-state index in [1.807, 2.05) is 0 Å². The standard InChI is InChI=1S/C14H10BrClFNOS/c15-9-2-3-10(13(20)6-9)14(19)18-7-8-1-4-12(17)11(16)5-8/h1-6,20H,7H2,(H,18,19). The van der Waals surface area contributed by atoms with Gasteiger partial charge in [0.1, 0.15) is 5.82 Å². The summed E-state index contributed by atoms with van der Waals surface area (Å²) in [4.78, 5) is 12.6. The topological polar surface area (TPSA) is 29.1 Å². The summed E-state index contributed by atoms with van der Waals surface area (Å²) in [6, 6.07) is 9.52. The molecule has 0 saturated carbocycles. The van der Waals surface area contributed by atoms with Crippen LogP contribution in [0.25, 0.3) is 0 Å². The second-order valence-electron chi connectivity index (χ2n) is 4.09. The van der Waals surface area contributed by atoms with E-state index in [2.05, 4.69) is 33.9 Å². The molecule has 0 aromatic heterocycles. The average molecular weight is 375 g/mol. The Labute approximate surface area is 134 Å². The first-order valence-corrected chi connectivity index (χ1v) is 7.30. The summed E-state index contributed by atoms with van der Waals surface area (Å²) in [6.45, 7) is 0.266. The van der Waals surface area contributed by atoms with Gasteiger partial charge in [0.2, 0.25) is 0 Å². The Balaban J connectivity index is 2.06. The van der Waals surface area contributed by atoms with E-state index in [1.165, 1.54) is 12.1 Å². The van der Waals surface area contributed by atoms with Gasteiger partial charge in [-0.15, -0.1) is 12.6 Å². The summed E-state index contributed by atoms with van der Waals surface area (Å²) in [6.07, 6.45) is 0. The van der Waals surface area contributed by atoms with Crippen LogP contribution in [-0.2, 0) is 6.54 Å².